The summed E-state index contributed by atoms with van der Waals surface area (Å²) < 4.78 is 4.79. The number of nitro groups is 1. The zero-order chi connectivity index (χ0) is 14.4. The van der Waals surface area contributed by atoms with Gasteiger partial charge in [0.05, 0.1) is 4.92 Å². The molecule has 1 aromatic rings. The largest absolute Gasteiger partial charge is 0.431 e. The van der Waals surface area contributed by atoms with Crippen molar-refractivity contribution in [2.75, 3.05) is 0 Å². The third kappa shape index (κ3) is 5.12. The van der Waals surface area contributed by atoms with E-state index < -0.39 is 10.9 Å². The lowest BCUT2D eigenvalue weighted by Crippen LogP contribution is -2.07. The van der Waals surface area contributed by atoms with Crippen molar-refractivity contribution in [3.63, 3.8) is 0 Å². The molecule has 0 amide bonds. The summed E-state index contributed by atoms with van der Waals surface area (Å²) in [6.07, 6.45) is 1.05. The molecule has 0 spiro atoms. The quantitative estimate of drug-likeness (QED) is 0.267. The maximum atomic E-state index is 11.2. The summed E-state index contributed by atoms with van der Waals surface area (Å²) in [5, 5.41) is 10.6. The molecule has 0 N–H and O–H groups in total. The second kappa shape index (κ2) is 6.44. The Hall–Kier alpha value is -2.50. The highest BCUT2D eigenvalue weighted by molar-refractivity contribution is 5.94. The molecule has 0 unspecified atom stereocenters. The molecule has 0 atom stereocenters. The second-order valence-corrected chi connectivity index (χ2v) is 3.82. The summed E-state index contributed by atoms with van der Waals surface area (Å²) in [5.41, 5.74) is 0.409. The van der Waals surface area contributed by atoms with Crippen molar-refractivity contribution in [3.8, 4) is 0 Å². The molecule has 0 saturated carbocycles. The summed E-state index contributed by atoms with van der Waals surface area (Å²) in [7, 11) is 0. The van der Waals surface area contributed by atoms with Crippen molar-refractivity contribution in [2.24, 2.45) is 0 Å². The average molecular weight is 262 g/mol. The molecule has 1 radical (unpaired) electrons. The number of nitrogens with zero attached hydrogens (tertiary/aromatic N) is 1. The van der Waals surface area contributed by atoms with Gasteiger partial charge in [-0.3, -0.25) is 19.7 Å². The van der Waals surface area contributed by atoms with Crippen LogP contribution in [0.25, 0.3) is 6.08 Å². The fraction of sp³-hybridized carbons (Fsp3) is 0.154. The van der Waals surface area contributed by atoms with Gasteiger partial charge in [-0.15, -0.1) is 0 Å². The fourth-order valence-electron chi connectivity index (χ4n) is 1.33. The average Bonchev–Trinajstić information content (AvgIpc) is 2.27. The number of nitro benzene ring substituents is 1. The van der Waals surface area contributed by atoms with Crippen LogP contribution in [-0.2, 0) is 14.3 Å². The third-order valence-corrected chi connectivity index (χ3v) is 2.05. The molecule has 0 aliphatic carbocycles. The number of non-ortho nitro benzene ring substituents is 1. The molecule has 6 heteroatoms. The number of benzene rings is 1. The van der Waals surface area contributed by atoms with E-state index in [1.165, 1.54) is 31.2 Å². The van der Waals surface area contributed by atoms with Crippen LogP contribution in [-0.4, -0.2) is 16.7 Å². The van der Waals surface area contributed by atoms with E-state index in [-0.39, 0.29) is 23.7 Å². The molecule has 0 bridgehead atoms. The summed E-state index contributed by atoms with van der Waals surface area (Å²) >= 11 is 0. The van der Waals surface area contributed by atoms with Gasteiger partial charge in [-0.05, 0) is 18.6 Å². The minimum Gasteiger partial charge on any atom is -0.431 e. The van der Waals surface area contributed by atoms with Crippen LogP contribution in [0, 0.1) is 17.0 Å². The Morgan fingerprint density at radius 2 is 2.16 bits per heavy atom. The van der Waals surface area contributed by atoms with Gasteiger partial charge in [-0.1, -0.05) is 12.1 Å². The van der Waals surface area contributed by atoms with E-state index in [9.17, 15) is 19.7 Å². The van der Waals surface area contributed by atoms with Crippen LogP contribution in [0.5, 0.6) is 0 Å². The molecule has 19 heavy (non-hydrogen) atoms. The molecular formula is C13H12NO5. The molecule has 0 saturated heterocycles. The Morgan fingerprint density at radius 1 is 1.47 bits per heavy atom. The monoisotopic (exact) mass is 262 g/mol. The Morgan fingerprint density at radius 3 is 2.74 bits per heavy atom. The predicted molar refractivity (Wildman–Crippen MR) is 67.8 cm³/mol. The van der Waals surface area contributed by atoms with Crippen LogP contribution in [0.3, 0.4) is 0 Å². The molecule has 1 rings (SSSR count). The minimum absolute atomic E-state index is 0.0201. The van der Waals surface area contributed by atoms with Crippen LogP contribution < -0.4 is 0 Å². The minimum atomic E-state index is -0.709. The Labute approximate surface area is 109 Å². The highest BCUT2D eigenvalue weighted by Gasteiger charge is 2.08. The topological polar surface area (TPSA) is 86.5 Å². The molecule has 0 aliphatic rings. The summed E-state index contributed by atoms with van der Waals surface area (Å²) in [5.74, 6) is -1.00. The van der Waals surface area contributed by atoms with E-state index in [4.69, 9.17) is 4.74 Å². The number of esters is 1. The van der Waals surface area contributed by atoms with Crippen molar-refractivity contribution < 1.29 is 19.2 Å². The van der Waals surface area contributed by atoms with Crippen molar-refractivity contribution in [1.82, 2.24) is 0 Å². The number of hydrogen-bond acceptors (Lipinski definition) is 5. The number of ketones is 1. The number of carbonyl (C=O) groups is 2. The van der Waals surface area contributed by atoms with Gasteiger partial charge < -0.3 is 4.74 Å². The zero-order valence-electron chi connectivity index (χ0n) is 10.3. The van der Waals surface area contributed by atoms with Gasteiger partial charge in [0.15, 0.2) is 0 Å². The molecular weight excluding hydrogens is 250 g/mol. The lowest BCUT2D eigenvalue weighted by atomic mass is 10.2. The normalized spacial score (nSPS) is 10.9. The molecule has 0 aromatic heterocycles. The lowest BCUT2D eigenvalue weighted by Gasteiger charge is -2.03. The highest BCUT2D eigenvalue weighted by atomic mass is 16.6. The van der Waals surface area contributed by atoms with E-state index in [1.54, 1.807) is 6.07 Å². The number of hydrogen-bond donors (Lipinski definition) is 0. The maximum absolute atomic E-state index is 11.2. The molecule has 0 fully saturated rings. The number of carbonyl (C=O) groups excluding carboxylic acids is 2. The first-order valence-corrected chi connectivity index (χ1v) is 5.36. The van der Waals surface area contributed by atoms with Gasteiger partial charge in [0.2, 0.25) is 0 Å². The SMILES string of the molecule is [CH2]C(=Cc1cccc([N+](=O)[O-])c1)OC(=O)CC(C)=O. The lowest BCUT2D eigenvalue weighted by molar-refractivity contribution is -0.384. The van der Waals surface area contributed by atoms with E-state index in [0.717, 1.165) is 0 Å². The van der Waals surface area contributed by atoms with Crippen molar-refractivity contribution >= 4 is 23.5 Å². The van der Waals surface area contributed by atoms with Crippen molar-refractivity contribution in [1.29, 1.82) is 0 Å². The standard InChI is InChI=1S/C13H12NO5/c1-9(15)6-13(16)19-10(2)7-11-4-3-5-12(8-11)14(17)18/h3-5,7-8H,2,6H2,1H3. The smallest absolute Gasteiger partial charge is 0.318 e. The summed E-state index contributed by atoms with van der Waals surface area (Å²) in [4.78, 5) is 32.0. The van der Waals surface area contributed by atoms with E-state index >= 15 is 0 Å². The first kappa shape index (κ1) is 14.6. The molecule has 6 nitrogen and oxygen atoms in total. The van der Waals surface area contributed by atoms with Gasteiger partial charge in [-0.2, -0.15) is 0 Å². The second-order valence-electron chi connectivity index (χ2n) is 3.82. The van der Waals surface area contributed by atoms with E-state index in [2.05, 4.69) is 6.92 Å². The van der Waals surface area contributed by atoms with Crippen molar-refractivity contribution in [3.05, 3.63) is 52.6 Å². The van der Waals surface area contributed by atoms with Gasteiger partial charge in [0.1, 0.15) is 18.0 Å². The number of allylic oxidation sites excluding steroid dienone is 1. The van der Waals surface area contributed by atoms with Crippen molar-refractivity contribution in [2.45, 2.75) is 13.3 Å². The third-order valence-electron chi connectivity index (χ3n) is 2.05. The summed E-state index contributed by atoms with van der Waals surface area (Å²) in [6, 6.07) is 5.79. The number of rotatable bonds is 5. The fourth-order valence-corrected chi connectivity index (χ4v) is 1.33. The Bertz CT molecular complexity index is 548. The van der Waals surface area contributed by atoms with Crippen LogP contribution >= 0.6 is 0 Å². The van der Waals surface area contributed by atoms with Crippen LogP contribution in [0.15, 0.2) is 30.0 Å². The van der Waals surface area contributed by atoms with E-state index in [0.29, 0.717) is 5.56 Å². The van der Waals surface area contributed by atoms with Crippen LogP contribution in [0.1, 0.15) is 18.9 Å². The first-order chi connectivity index (χ1) is 8.88. The number of Topliss-reactive ketones (excluding diaryl/α,β-unsaturated/α-hetero) is 1. The first-order valence-electron chi connectivity index (χ1n) is 5.36. The highest BCUT2D eigenvalue weighted by Crippen LogP contribution is 2.16. The summed E-state index contributed by atoms with van der Waals surface area (Å²) in [6.45, 7) is 4.76. The maximum Gasteiger partial charge on any atom is 0.318 e. The Balaban J connectivity index is 2.78. The predicted octanol–water partition coefficient (Wildman–Crippen LogP) is 2.29. The van der Waals surface area contributed by atoms with Crippen LogP contribution in [0.2, 0.25) is 0 Å². The van der Waals surface area contributed by atoms with Gasteiger partial charge in [-0.25, -0.2) is 0 Å². The van der Waals surface area contributed by atoms with Crippen LogP contribution in [0.4, 0.5) is 5.69 Å². The molecule has 99 valence electrons. The molecule has 0 heterocycles. The van der Waals surface area contributed by atoms with Gasteiger partial charge in [0.25, 0.3) is 5.69 Å². The molecule has 0 aliphatic heterocycles. The van der Waals surface area contributed by atoms with Gasteiger partial charge >= 0.3 is 5.97 Å². The molecule has 1 aromatic carbocycles. The van der Waals surface area contributed by atoms with E-state index in [1.807, 2.05) is 0 Å². The number of ether oxygens (including phenoxy) is 1. The zero-order valence-corrected chi connectivity index (χ0v) is 10.3. The Kier molecular flexibility index (Phi) is 4.93. The van der Waals surface area contributed by atoms with Gasteiger partial charge in [0, 0.05) is 19.1 Å².